The third kappa shape index (κ3) is 6.32. The summed E-state index contributed by atoms with van der Waals surface area (Å²) in [6.45, 7) is 7.64. The van der Waals surface area contributed by atoms with Crippen LogP contribution in [0.15, 0.2) is 29.5 Å². The van der Waals surface area contributed by atoms with Crippen LogP contribution in [-0.4, -0.2) is 59.4 Å². The van der Waals surface area contributed by atoms with Gasteiger partial charge in [0.05, 0.1) is 5.69 Å². The van der Waals surface area contributed by atoms with E-state index in [1.54, 1.807) is 7.05 Å². The van der Waals surface area contributed by atoms with Gasteiger partial charge in [-0.15, -0.1) is 24.0 Å². The molecule has 29 heavy (non-hydrogen) atoms. The average molecular weight is 512 g/mol. The molecule has 0 atom stereocenters. The van der Waals surface area contributed by atoms with Gasteiger partial charge in [0.25, 0.3) is 0 Å². The number of piperidine rings is 1. The Morgan fingerprint density at radius 3 is 2.76 bits per heavy atom. The number of hydrogen-bond acceptors (Lipinski definition) is 3. The van der Waals surface area contributed by atoms with Crippen molar-refractivity contribution in [3.63, 3.8) is 0 Å². The molecule has 1 amide bonds. The molecule has 3 heterocycles. The molecule has 0 unspecified atom stereocenters. The van der Waals surface area contributed by atoms with Gasteiger partial charge in [0.2, 0.25) is 5.91 Å². The quantitative estimate of drug-likeness (QED) is 0.355. The van der Waals surface area contributed by atoms with Crippen LogP contribution in [0.2, 0.25) is 0 Å². The number of carbonyl (C=O) groups is 1. The van der Waals surface area contributed by atoms with Crippen molar-refractivity contribution in [3.05, 3.63) is 35.8 Å². The van der Waals surface area contributed by atoms with Crippen LogP contribution in [-0.2, 0) is 11.2 Å². The first kappa shape index (κ1) is 23.4. The van der Waals surface area contributed by atoms with E-state index in [1.165, 1.54) is 5.56 Å². The largest absolute Gasteiger partial charge is 0.359 e. The van der Waals surface area contributed by atoms with Crippen molar-refractivity contribution in [2.45, 2.75) is 39.5 Å². The molecule has 0 spiro atoms. The van der Waals surface area contributed by atoms with Crippen molar-refractivity contribution >= 4 is 41.5 Å². The highest BCUT2D eigenvalue weighted by molar-refractivity contribution is 14.0. The summed E-state index contributed by atoms with van der Waals surface area (Å²) in [6, 6.07) is 4.13. The molecule has 8 heteroatoms. The number of halogens is 1. The van der Waals surface area contributed by atoms with Gasteiger partial charge in [-0.1, -0.05) is 6.07 Å². The fourth-order valence-electron chi connectivity index (χ4n) is 3.74. The van der Waals surface area contributed by atoms with E-state index in [9.17, 15) is 4.79 Å². The lowest BCUT2D eigenvalue weighted by Crippen LogP contribution is -2.46. The minimum absolute atomic E-state index is 0. The van der Waals surface area contributed by atoms with Crippen LogP contribution < -0.4 is 10.6 Å². The SMILES string of the molecule is CCNC(=NCCc1cn2cccc(C)c2n1)N1CCC(CC(=O)NC)CC1.I. The van der Waals surface area contributed by atoms with Crippen LogP contribution in [0.25, 0.3) is 5.65 Å². The van der Waals surface area contributed by atoms with E-state index in [0.717, 1.165) is 56.2 Å². The van der Waals surface area contributed by atoms with Crippen LogP contribution in [0.5, 0.6) is 0 Å². The Hall–Kier alpha value is -1.84. The zero-order valence-corrected chi connectivity index (χ0v) is 20.0. The van der Waals surface area contributed by atoms with E-state index >= 15 is 0 Å². The molecule has 2 aromatic rings. The van der Waals surface area contributed by atoms with Gasteiger partial charge in [-0.25, -0.2) is 4.98 Å². The summed E-state index contributed by atoms with van der Waals surface area (Å²) < 4.78 is 2.08. The maximum absolute atomic E-state index is 11.6. The molecule has 0 bridgehead atoms. The van der Waals surface area contributed by atoms with E-state index < -0.39 is 0 Å². The number of hydrogen-bond donors (Lipinski definition) is 2. The summed E-state index contributed by atoms with van der Waals surface area (Å²) in [5, 5.41) is 6.14. The average Bonchev–Trinajstić information content (AvgIpc) is 3.12. The minimum Gasteiger partial charge on any atom is -0.359 e. The van der Waals surface area contributed by atoms with Gasteiger partial charge in [-0.3, -0.25) is 9.79 Å². The van der Waals surface area contributed by atoms with E-state index in [0.29, 0.717) is 18.9 Å². The second kappa shape index (κ2) is 11.4. The number of nitrogens with zero attached hydrogens (tertiary/aromatic N) is 4. The van der Waals surface area contributed by atoms with Crippen molar-refractivity contribution in [3.8, 4) is 0 Å². The summed E-state index contributed by atoms with van der Waals surface area (Å²) >= 11 is 0. The Labute approximate surface area is 190 Å². The molecular weight excluding hydrogens is 479 g/mol. The third-order valence-corrected chi connectivity index (χ3v) is 5.36. The summed E-state index contributed by atoms with van der Waals surface area (Å²) in [7, 11) is 1.71. The summed E-state index contributed by atoms with van der Waals surface area (Å²) in [6.07, 6.45) is 7.64. The summed E-state index contributed by atoms with van der Waals surface area (Å²) in [5.74, 6) is 1.59. The molecule has 2 aromatic heterocycles. The van der Waals surface area contributed by atoms with Gasteiger partial charge < -0.3 is 19.9 Å². The third-order valence-electron chi connectivity index (χ3n) is 5.36. The number of aryl methyl sites for hydroxylation is 1. The molecule has 1 aliphatic heterocycles. The van der Waals surface area contributed by atoms with Crippen molar-refractivity contribution in [2.24, 2.45) is 10.9 Å². The second-order valence-electron chi connectivity index (χ2n) is 7.45. The number of guanidine groups is 1. The van der Waals surface area contributed by atoms with Crippen LogP contribution in [0.3, 0.4) is 0 Å². The number of likely N-dealkylation sites (tertiary alicyclic amines) is 1. The van der Waals surface area contributed by atoms with E-state index in [2.05, 4.69) is 46.0 Å². The molecule has 1 fully saturated rings. The Kier molecular flexibility index (Phi) is 9.19. The number of aliphatic imine (C=N–C) groups is 1. The summed E-state index contributed by atoms with van der Waals surface area (Å²) in [4.78, 5) is 23.5. The zero-order chi connectivity index (χ0) is 19.9. The maximum Gasteiger partial charge on any atom is 0.220 e. The first-order chi connectivity index (χ1) is 13.6. The highest BCUT2D eigenvalue weighted by atomic mass is 127. The lowest BCUT2D eigenvalue weighted by atomic mass is 9.93. The highest BCUT2D eigenvalue weighted by Gasteiger charge is 2.23. The predicted molar refractivity (Wildman–Crippen MR) is 128 cm³/mol. The maximum atomic E-state index is 11.6. The van der Waals surface area contributed by atoms with E-state index in [4.69, 9.17) is 9.98 Å². The van der Waals surface area contributed by atoms with Gasteiger partial charge in [-0.05, 0) is 44.2 Å². The molecule has 1 saturated heterocycles. The first-order valence-electron chi connectivity index (χ1n) is 10.3. The predicted octanol–water partition coefficient (Wildman–Crippen LogP) is 2.62. The van der Waals surface area contributed by atoms with Crippen LogP contribution >= 0.6 is 24.0 Å². The summed E-state index contributed by atoms with van der Waals surface area (Å²) in [5.41, 5.74) is 3.27. The van der Waals surface area contributed by atoms with Gasteiger partial charge in [-0.2, -0.15) is 0 Å². The molecule has 0 radical (unpaired) electrons. The Bertz CT molecular complexity index is 826. The molecular formula is C21H33IN6O. The molecule has 160 valence electrons. The monoisotopic (exact) mass is 512 g/mol. The van der Waals surface area contributed by atoms with Gasteiger partial charge in [0.1, 0.15) is 5.65 Å². The Morgan fingerprint density at radius 1 is 1.34 bits per heavy atom. The van der Waals surface area contributed by atoms with E-state index in [-0.39, 0.29) is 29.9 Å². The van der Waals surface area contributed by atoms with Crippen molar-refractivity contribution in [1.82, 2.24) is 24.9 Å². The normalized spacial score (nSPS) is 15.3. The van der Waals surface area contributed by atoms with Crippen molar-refractivity contribution in [1.29, 1.82) is 0 Å². The van der Waals surface area contributed by atoms with E-state index in [1.807, 2.05) is 12.3 Å². The first-order valence-corrected chi connectivity index (χ1v) is 10.3. The number of amides is 1. The number of rotatable bonds is 6. The van der Waals surface area contributed by atoms with Gasteiger partial charge in [0.15, 0.2) is 5.96 Å². The van der Waals surface area contributed by atoms with Crippen LogP contribution in [0.1, 0.15) is 37.4 Å². The topological polar surface area (TPSA) is 74.0 Å². The molecule has 1 aliphatic rings. The van der Waals surface area contributed by atoms with Gasteiger partial charge >= 0.3 is 0 Å². The Morgan fingerprint density at radius 2 is 2.10 bits per heavy atom. The Balaban J connectivity index is 0.00000300. The highest BCUT2D eigenvalue weighted by Crippen LogP contribution is 2.20. The minimum atomic E-state index is 0. The molecule has 2 N–H and O–H groups in total. The zero-order valence-electron chi connectivity index (χ0n) is 17.6. The fraction of sp³-hybridized carbons (Fsp3) is 0.571. The number of carbonyl (C=O) groups excluding carboxylic acids is 1. The molecule has 0 saturated carbocycles. The number of imidazole rings is 1. The lowest BCUT2D eigenvalue weighted by Gasteiger charge is -2.34. The number of pyridine rings is 1. The second-order valence-corrected chi connectivity index (χ2v) is 7.45. The van der Waals surface area contributed by atoms with Crippen molar-refractivity contribution in [2.75, 3.05) is 33.2 Å². The van der Waals surface area contributed by atoms with Crippen LogP contribution in [0.4, 0.5) is 0 Å². The molecule has 0 aliphatic carbocycles. The standard InChI is InChI=1S/C21H32N6O.HI/c1-4-23-21(26-12-8-17(9-13-26)14-19(28)22-3)24-10-7-18-15-27-11-5-6-16(2)20(27)25-18;/h5-6,11,15,17H,4,7-10,12-14H2,1-3H3,(H,22,28)(H,23,24);1H. The van der Waals surface area contributed by atoms with Gasteiger partial charge in [0, 0.05) is 58.5 Å². The smallest absolute Gasteiger partial charge is 0.220 e. The lowest BCUT2D eigenvalue weighted by molar-refractivity contribution is -0.121. The van der Waals surface area contributed by atoms with Crippen LogP contribution in [0, 0.1) is 12.8 Å². The number of aromatic nitrogens is 2. The fourth-order valence-corrected chi connectivity index (χ4v) is 3.74. The molecule has 0 aromatic carbocycles. The number of fused-ring (bicyclic) bond motifs is 1. The molecule has 7 nitrogen and oxygen atoms in total. The molecule has 3 rings (SSSR count). The number of nitrogens with one attached hydrogen (secondary N) is 2. The van der Waals surface area contributed by atoms with Crippen molar-refractivity contribution < 1.29 is 4.79 Å².